The number of nitrogens with zero attached hydrogens (tertiary/aromatic N) is 2. The molecule has 2 aromatic carbocycles. The fraction of sp³-hybridized carbons (Fsp3) is 0.500. The second-order valence-corrected chi connectivity index (χ2v) is 11.5. The van der Waals surface area contributed by atoms with E-state index in [9.17, 15) is 14.4 Å². The molecule has 2 aromatic rings. The number of benzene rings is 2. The van der Waals surface area contributed by atoms with Gasteiger partial charge in [-0.25, -0.2) is 0 Å². The van der Waals surface area contributed by atoms with Gasteiger partial charge in [-0.1, -0.05) is 27.7 Å². The van der Waals surface area contributed by atoms with E-state index in [0.717, 1.165) is 29.8 Å². The van der Waals surface area contributed by atoms with Crippen molar-refractivity contribution >= 4 is 46.2 Å². The number of Topliss-reactive ketones (excluding diaryl/α,β-unsaturated/α-hetero) is 1. The van der Waals surface area contributed by atoms with Gasteiger partial charge in [0.05, 0.1) is 31.0 Å². The van der Waals surface area contributed by atoms with Crippen molar-refractivity contribution in [1.29, 1.82) is 5.41 Å². The van der Waals surface area contributed by atoms with Crippen molar-refractivity contribution in [3.05, 3.63) is 52.1 Å². The fourth-order valence-corrected chi connectivity index (χ4v) is 5.04. The summed E-state index contributed by atoms with van der Waals surface area (Å²) in [6.07, 6.45) is 1.28. The third-order valence-corrected chi connectivity index (χ3v) is 7.19. The SMILES string of the molecule is Br.CCCN(C)c1cc(C(=O)CN2Cc3cc(OCC)c(C(=O)NC)cc3C2=N)cc(C(C)(C)C)c1OCCCC(=O)O. The number of halogens is 1. The van der Waals surface area contributed by atoms with Crippen LogP contribution in [0.2, 0.25) is 0 Å². The highest BCUT2D eigenvalue weighted by atomic mass is 79.9. The molecule has 3 rings (SSSR count). The number of amidine groups is 1. The molecule has 43 heavy (non-hydrogen) atoms. The summed E-state index contributed by atoms with van der Waals surface area (Å²) >= 11 is 0. The molecule has 0 saturated carbocycles. The van der Waals surface area contributed by atoms with E-state index in [1.54, 1.807) is 24.1 Å². The monoisotopic (exact) mass is 660 g/mol. The Morgan fingerprint density at radius 2 is 1.81 bits per heavy atom. The van der Waals surface area contributed by atoms with Gasteiger partial charge in [0.25, 0.3) is 5.91 Å². The fourth-order valence-electron chi connectivity index (χ4n) is 5.04. The van der Waals surface area contributed by atoms with Gasteiger partial charge < -0.3 is 29.7 Å². The minimum absolute atomic E-state index is 0. The summed E-state index contributed by atoms with van der Waals surface area (Å²) in [5.74, 6) is -0.0110. The third kappa shape index (κ3) is 8.49. The minimum atomic E-state index is -0.868. The number of carbonyl (C=O) groups excluding carboxylic acids is 2. The molecule has 1 amide bonds. The van der Waals surface area contributed by atoms with Crippen LogP contribution >= 0.6 is 17.0 Å². The van der Waals surface area contributed by atoms with Gasteiger partial charge in [-0.15, -0.1) is 17.0 Å². The summed E-state index contributed by atoms with van der Waals surface area (Å²) in [7, 11) is 3.50. The maximum absolute atomic E-state index is 13.8. The smallest absolute Gasteiger partial charge is 0.303 e. The van der Waals surface area contributed by atoms with Crippen molar-refractivity contribution < 1.29 is 29.0 Å². The second kappa shape index (κ2) is 15.2. The summed E-state index contributed by atoms with van der Waals surface area (Å²) in [5.41, 5.74) is 3.58. The van der Waals surface area contributed by atoms with Crippen LogP contribution in [0.3, 0.4) is 0 Å². The standard InChI is InChI=1S/C32H44N4O6.BrH/c1-8-12-35(7)25-15-20(14-24(32(3,4)5)29(25)42-13-10-11-28(38)39)26(37)19-36-18-21-16-27(41-9-2)23(31(40)34-6)17-22(21)30(36)33;/h14-17,33H,8-13,18-19H2,1-7H3,(H,34,40)(H,38,39);1H. The number of carboxylic acids is 1. The minimum Gasteiger partial charge on any atom is -0.493 e. The Kier molecular flexibility index (Phi) is 12.6. The number of hydrogen-bond acceptors (Lipinski definition) is 7. The van der Waals surface area contributed by atoms with Gasteiger partial charge in [-0.05, 0) is 55.0 Å². The zero-order chi connectivity index (χ0) is 31.2. The molecule has 0 radical (unpaired) electrons. The number of carboxylic acid groups (broad SMARTS) is 1. The number of anilines is 1. The normalized spacial score (nSPS) is 12.3. The number of rotatable bonds is 14. The molecular formula is C32H45BrN4O6. The highest BCUT2D eigenvalue weighted by molar-refractivity contribution is 8.93. The molecule has 0 atom stereocenters. The number of ketones is 1. The largest absolute Gasteiger partial charge is 0.493 e. The lowest BCUT2D eigenvalue weighted by Gasteiger charge is -2.30. The van der Waals surface area contributed by atoms with Crippen LogP contribution in [0.4, 0.5) is 5.69 Å². The number of aliphatic carboxylic acids is 1. The molecule has 0 aliphatic carbocycles. The summed E-state index contributed by atoms with van der Waals surface area (Å²) < 4.78 is 11.9. The maximum Gasteiger partial charge on any atom is 0.303 e. The summed E-state index contributed by atoms with van der Waals surface area (Å²) in [5, 5.41) is 20.5. The van der Waals surface area contributed by atoms with Gasteiger partial charge >= 0.3 is 5.97 Å². The third-order valence-electron chi connectivity index (χ3n) is 7.19. The van der Waals surface area contributed by atoms with Crippen LogP contribution < -0.4 is 19.7 Å². The van der Waals surface area contributed by atoms with Gasteiger partial charge in [0.2, 0.25) is 0 Å². The molecule has 1 heterocycles. The van der Waals surface area contributed by atoms with E-state index >= 15 is 0 Å². The number of carbonyl (C=O) groups is 3. The lowest BCUT2D eigenvalue weighted by Crippen LogP contribution is -2.31. The molecule has 0 saturated heterocycles. The quantitative estimate of drug-likeness (QED) is 0.180. The van der Waals surface area contributed by atoms with Gasteiger partial charge in [-0.3, -0.25) is 19.8 Å². The average Bonchev–Trinajstić information content (AvgIpc) is 3.23. The number of hydrogen-bond donors (Lipinski definition) is 3. The molecule has 3 N–H and O–H groups in total. The number of nitrogens with one attached hydrogen (secondary N) is 2. The Hall–Kier alpha value is -3.60. The predicted molar refractivity (Wildman–Crippen MR) is 174 cm³/mol. The van der Waals surface area contributed by atoms with Crippen LogP contribution in [0, 0.1) is 5.41 Å². The van der Waals surface area contributed by atoms with Crippen molar-refractivity contribution in [2.45, 2.75) is 65.8 Å². The van der Waals surface area contributed by atoms with Crippen LogP contribution in [0.15, 0.2) is 24.3 Å². The number of fused-ring (bicyclic) bond motifs is 1. The Labute approximate surface area is 265 Å². The van der Waals surface area contributed by atoms with Crippen molar-refractivity contribution in [2.24, 2.45) is 0 Å². The maximum atomic E-state index is 13.8. The first-order chi connectivity index (χ1) is 19.8. The zero-order valence-corrected chi connectivity index (χ0v) is 28.0. The topological polar surface area (TPSA) is 132 Å². The summed E-state index contributed by atoms with van der Waals surface area (Å²) in [4.78, 5) is 41.1. The Balaban J connectivity index is 0.00000645. The van der Waals surface area contributed by atoms with Gasteiger partial charge in [-0.2, -0.15) is 0 Å². The molecule has 1 aliphatic heterocycles. The molecule has 0 unspecified atom stereocenters. The second-order valence-electron chi connectivity index (χ2n) is 11.5. The first-order valence-corrected chi connectivity index (χ1v) is 14.4. The lowest BCUT2D eigenvalue weighted by molar-refractivity contribution is -0.137. The van der Waals surface area contributed by atoms with Crippen LogP contribution in [-0.4, -0.2) is 73.9 Å². The van der Waals surface area contributed by atoms with Gasteiger partial charge in [0, 0.05) is 50.3 Å². The Morgan fingerprint density at radius 3 is 2.40 bits per heavy atom. The van der Waals surface area contributed by atoms with Crippen LogP contribution in [-0.2, 0) is 16.8 Å². The summed E-state index contributed by atoms with van der Waals surface area (Å²) in [6.45, 7) is 11.8. The van der Waals surface area contributed by atoms with E-state index in [-0.39, 0.29) is 59.5 Å². The molecule has 0 bridgehead atoms. The summed E-state index contributed by atoms with van der Waals surface area (Å²) in [6, 6.07) is 7.15. The first kappa shape index (κ1) is 35.6. The molecule has 0 aromatic heterocycles. The van der Waals surface area contributed by atoms with E-state index in [1.165, 1.54) is 0 Å². The highest BCUT2D eigenvalue weighted by Crippen LogP contribution is 2.41. The Bertz CT molecular complexity index is 1350. The van der Waals surface area contributed by atoms with Crippen LogP contribution in [0.1, 0.15) is 91.3 Å². The lowest BCUT2D eigenvalue weighted by atomic mass is 9.84. The first-order valence-electron chi connectivity index (χ1n) is 14.4. The average molecular weight is 662 g/mol. The van der Waals surface area contributed by atoms with Crippen molar-refractivity contribution in [1.82, 2.24) is 10.2 Å². The molecule has 236 valence electrons. The molecule has 1 aliphatic rings. The van der Waals surface area contributed by atoms with Crippen LogP contribution in [0.25, 0.3) is 0 Å². The van der Waals surface area contributed by atoms with Gasteiger partial charge in [0.1, 0.15) is 17.3 Å². The van der Waals surface area contributed by atoms with Crippen molar-refractivity contribution in [3.63, 3.8) is 0 Å². The molecule has 10 nitrogen and oxygen atoms in total. The van der Waals surface area contributed by atoms with E-state index in [2.05, 4.69) is 37.9 Å². The van der Waals surface area contributed by atoms with Crippen molar-refractivity contribution in [3.8, 4) is 11.5 Å². The molecule has 0 spiro atoms. The van der Waals surface area contributed by atoms with E-state index in [0.29, 0.717) is 47.8 Å². The van der Waals surface area contributed by atoms with E-state index in [4.69, 9.17) is 20.0 Å². The predicted octanol–water partition coefficient (Wildman–Crippen LogP) is 5.43. The number of amides is 1. The highest BCUT2D eigenvalue weighted by Gasteiger charge is 2.31. The van der Waals surface area contributed by atoms with Crippen molar-refractivity contribution in [2.75, 3.05) is 45.3 Å². The molecular weight excluding hydrogens is 616 g/mol. The molecule has 0 fully saturated rings. The number of ether oxygens (including phenoxy) is 2. The Morgan fingerprint density at radius 1 is 1.12 bits per heavy atom. The van der Waals surface area contributed by atoms with Gasteiger partial charge in [0.15, 0.2) is 5.78 Å². The zero-order valence-electron chi connectivity index (χ0n) is 26.3. The molecule has 11 heteroatoms. The van der Waals surface area contributed by atoms with E-state index < -0.39 is 5.97 Å². The van der Waals surface area contributed by atoms with Crippen LogP contribution in [0.5, 0.6) is 11.5 Å². The van der Waals surface area contributed by atoms with E-state index in [1.807, 2.05) is 26.1 Å².